The number of hydrogen-bond acceptors (Lipinski definition) is 2. The van der Waals surface area contributed by atoms with E-state index in [1.165, 1.54) is 0 Å². The van der Waals surface area contributed by atoms with Crippen molar-refractivity contribution in [1.29, 1.82) is 0 Å². The topological polar surface area (TPSA) is 46.5 Å². The van der Waals surface area contributed by atoms with Gasteiger partial charge < -0.3 is 9.84 Å². The lowest BCUT2D eigenvalue weighted by Crippen LogP contribution is -2.02. The van der Waals surface area contributed by atoms with Crippen LogP contribution in [0.4, 0.5) is 0 Å². The van der Waals surface area contributed by atoms with Crippen LogP contribution in [0, 0.1) is 6.92 Å². The van der Waals surface area contributed by atoms with Crippen molar-refractivity contribution >= 4 is 17.6 Å². The third-order valence-electron chi connectivity index (χ3n) is 2.09. The van der Waals surface area contributed by atoms with Gasteiger partial charge in [0.05, 0.1) is 18.1 Å². The van der Waals surface area contributed by atoms with Crippen LogP contribution in [0.5, 0.6) is 5.75 Å². The first-order valence-corrected chi connectivity index (χ1v) is 5.56. The second-order valence-corrected chi connectivity index (χ2v) is 4.05. The van der Waals surface area contributed by atoms with Gasteiger partial charge in [0.1, 0.15) is 5.75 Å². The summed E-state index contributed by atoms with van der Waals surface area (Å²) in [6.07, 6.45) is 0.890. The SMILES string of the molecule is CCCOc1c(C)cc(CC(=O)O)cc1Cl. The fourth-order valence-electron chi connectivity index (χ4n) is 1.47. The highest BCUT2D eigenvalue weighted by Crippen LogP contribution is 2.30. The van der Waals surface area contributed by atoms with E-state index in [0.29, 0.717) is 22.9 Å². The first kappa shape index (κ1) is 12.8. The molecule has 1 aromatic rings. The summed E-state index contributed by atoms with van der Waals surface area (Å²) in [5.74, 6) is -0.213. The average molecular weight is 243 g/mol. The van der Waals surface area contributed by atoms with E-state index in [4.69, 9.17) is 21.4 Å². The summed E-state index contributed by atoms with van der Waals surface area (Å²) in [7, 11) is 0. The molecule has 0 saturated heterocycles. The smallest absolute Gasteiger partial charge is 0.307 e. The van der Waals surface area contributed by atoms with E-state index in [1.807, 2.05) is 13.8 Å². The molecular formula is C12H15ClO3. The highest BCUT2D eigenvalue weighted by Gasteiger charge is 2.09. The molecule has 0 spiro atoms. The number of halogens is 1. The van der Waals surface area contributed by atoms with E-state index in [-0.39, 0.29) is 6.42 Å². The maximum absolute atomic E-state index is 10.6. The molecule has 1 aromatic carbocycles. The summed E-state index contributed by atoms with van der Waals surface area (Å²) in [5, 5.41) is 9.16. The predicted octanol–water partition coefficient (Wildman–Crippen LogP) is 3.06. The Morgan fingerprint density at radius 2 is 2.19 bits per heavy atom. The van der Waals surface area contributed by atoms with Gasteiger partial charge in [0.2, 0.25) is 0 Å². The number of benzene rings is 1. The Bertz CT molecular complexity index is 365. The van der Waals surface area contributed by atoms with Gasteiger partial charge in [-0.15, -0.1) is 0 Å². The second-order valence-electron chi connectivity index (χ2n) is 3.64. The van der Waals surface area contributed by atoms with Crippen LogP contribution in [0.1, 0.15) is 24.5 Å². The standard InChI is InChI=1S/C12H15ClO3/c1-3-4-16-12-8(2)5-9(6-10(12)13)7-11(14)15/h5-6H,3-4,7H2,1-2H3,(H,14,15). The molecule has 0 fully saturated rings. The van der Waals surface area contributed by atoms with Crippen LogP contribution in [0.2, 0.25) is 5.02 Å². The van der Waals surface area contributed by atoms with Gasteiger partial charge in [0, 0.05) is 0 Å². The van der Waals surface area contributed by atoms with Crippen LogP contribution in [0.3, 0.4) is 0 Å². The number of carboxylic acids is 1. The van der Waals surface area contributed by atoms with Gasteiger partial charge in [-0.3, -0.25) is 4.79 Å². The zero-order valence-corrected chi connectivity index (χ0v) is 10.2. The summed E-state index contributed by atoms with van der Waals surface area (Å²) < 4.78 is 5.50. The maximum atomic E-state index is 10.6. The molecular weight excluding hydrogens is 228 g/mol. The number of ether oxygens (including phenoxy) is 1. The van der Waals surface area contributed by atoms with Crippen LogP contribution in [0.15, 0.2) is 12.1 Å². The minimum atomic E-state index is -0.863. The summed E-state index contributed by atoms with van der Waals surface area (Å²) in [4.78, 5) is 10.6. The van der Waals surface area contributed by atoms with Gasteiger partial charge in [-0.2, -0.15) is 0 Å². The Morgan fingerprint density at radius 1 is 1.50 bits per heavy atom. The van der Waals surface area contributed by atoms with Crippen LogP contribution in [-0.4, -0.2) is 17.7 Å². The Morgan fingerprint density at radius 3 is 2.69 bits per heavy atom. The third-order valence-corrected chi connectivity index (χ3v) is 2.38. The normalized spacial score (nSPS) is 10.2. The van der Waals surface area contributed by atoms with Gasteiger partial charge >= 0.3 is 5.97 Å². The van der Waals surface area contributed by atoms with Gasteiger partial charge in [-0.05, 0) is 30.5 Å². The van der Waals surface area contributed by atoms with E-state index in [1.54, 1.807) is 12.1 Å². The summed E-state index contributed by atoms with van der Waals surface area (Å²) in [6, 6.07) is 3.44. The van der Waals surface area contributed by atoms with Crippen molar-refractivity contribution in [3.8, 4) is 5.75 Å². The number of carboxylic acid groups (broad SMARTS) is 1. The highest BCUT2D eigenvalue weighted by molar-refractivity contribution is 6.32. The Labute approximate surface area is 100.0 Å². The lowest BCUT2D eigenvalue weighted by Gasteiger charge is -2.11. The fraction of sp³-hybridized carbons (Fsp3) is 0.417. The van der Waals surface area contributed by atoms with Gasteiger partial charge in [-0.25, -0.2) is 0 Å². The molecule has 0 atom stereocenters. The molecule has 0 heterocycles. The number of rotatable bonds is 5. The average Bonchev–Trinajstić information content (AvgIpc) is 2.15. The molecule has 88 valence electrons. The highest BCUT2D eigenvalue weighted by atomic mass is 35.5. The van der Waals surface area contributed by atoms with Crippen LogP contribution in [-0.2, 0) is 11.2 Å². The van der Waals surface area contributed by atoms with Crippen molar-refractivity contribution in [3.63, 3.8) is 0 Å². The van der Waals surface area contributed by atoms with E-state index >= 15 is 0 Å². The molecule has 3 nitrogen and oxygen atoms in total. The van der Waals surface area contributed by atoms with Crippen molar-refractivity contribution in [1.82, 2.24) is 0 Å². The fourth-order valence-corrected chi connectivity index (χ4v) is 1.81. The van der Waals surface area contributed by atoms with E-state index < -0.39 is 5.97 Å². The molecule has 0 saturated carbocycles. The number of carbonyl (C=O) groups is 1. The Balaban J connectivity index is 2.93. The second kappa shape index (κ2) is 5.75. The molecule has 1 rings (SSSR count). The maximum Gasteiger partial charge on any atom is 0.307 e. The molecule has 0 radical (unpaired) electrons. The van der Waals surface area contributed by atoms with Crippen LogP contribution in [0.25, 0.3) is 0 Å². The van der Waals surface area contributed by atoms with Crippen molar-refractivity contribution in [2.45, 2.75) is 26.7 Å². The lowest BCUT2D eigenvalue weighted by molar-refractivity contribution is -0.136. The van der Waals surface area contributed by atoms with Crippen molar-refractivity contribution in [2.75, 3.05) is 6.61 Å². The monoisotopic (exact) mass is 242 g/mol. The number of aryl methyl sites for hydroxylation is 1. The first-order chi connectivity index (χ1) is 7.54. The van der Waals surface area contributed by atoms with Crippen LogP contribution >= 0.6 is 11.6 Å². The third kappa shape index (κ3) is 3.42. The lowest BCUT2D eigenvalue weighted by atomic mass is 10.1. The molecule has 0 aliphatic carbocycles. The molecule has 0 amide bonds. The summed E-state index contributed by atoms with van der Waals surface area (Å²) in [5.41, 5.74) is 1.57. The zero-order valence-electron chi connectivity index (χ0n) is 9.42. The molecule has 0 aromatic heterocycles. The summed E-state index contributed by atoms with van der Waals surface area (Å²) >= 11 is 6.04. The zero-order chi connectivity index (χ0) is 12.1. The molecule has 16 heavy (non-hydrogen) atoms. The quantitative estimate of drug-likeness (QED) is 0.863. The molecule has 0 aliphatic rings. The minimum absolute atomic E-state index is 0.0192. The molecule has 0 bridgehead atoms. The van der Waals surface area contributed by atoms with Gasteiger partial charge in [0.25, 0.3) is 0 Å². The van der Waals surface area contributed by atoms with Crippen molar-refractivity contribution in [2.24, 2.45) is 0 Å². The van der Waals surface area contributed by atoms with E-state index in [9.17, 15) is 4.79 Å². The van der Waals surface area contributed by atoms with Gasteiger partial charge in [0.15, 0.2) is 0 Å². The molecule has 1 N–H and O–H groups in total. The Hall–Kier alpha value is -1.22. The van der Waals surface area contributed by atoms with Crippen molar-refractivity contribution < 1.29 is 14.6 Å². The number of aliphatic carboxylic acids is 1. The minimum Gasteiger partial charge on any atom is -0.492 e. The molecule has 0 aliphatic heterocycles. The predicted molar refractivity (Wildman–Crippen MR) is 63.3 cm³/mol. The Kier molecular flexibility index (Phi) is 4.62. The van der Waals surface area contributed by atoms with Crippen LogP contribution < -0.4 is 4.74 Å². The van der Waals surface area contributed by atoms with E-state index in [2.05, 4.69) is 0 Å². The van der Waals surface area contributed by atoms with Crippen molar-refractivity contribution in [3.05, 3.63) is 28.3 Å². The molecule has 4 heteroatoms. The van der Waals surface area contributed by atoms with Gasteiger partial charge in [-0.1, -0.05) is 24.6 Å². The summed E-state index contributed by atoms with van der Waals surface area (Å²) in [6.45, 7) is 4.49. The number of hydrogen-bond donors (Lipinski definition) is 1. The molecule has 0 unspecified atom stereocenters. The largest absolute Gasteiger partial charge is 0.492 e. The van der Waals surface area contributed by atoms with E-state index in [0.717, 1.165) is 12.0 Å². The first-order valence-electron chi connectivity index (χ1n) is 5.18.